The van der Waals surface area contributed by atoms with Gasteiger partial charge in [-0.25, -0.2) is 0 Å². The third-order valence-corrected chi connectivity index (χ3v) is 10.7. The fourth-order valence-electron chi connectivity index (χ4n) is 6.90. The highest BCUT2D eigenvalue weighted by atomic mass is 28.4. The average Bonchev–Trinajstić information content (AvgIpc) is 2.90. The van der Waals surface area contributed by atoms with Gasteiger partial charge in [-0.2, -0.15) is 0 Å². The van der Waals surface area contributed by atoms with E-state index in [2.05, 4.69) is 78.0 Å². The van der Waals surface area contributed by atoms with E-state index >= 15 is 0 Å². The maximum atomic E-state index is 13.5. The molecule has 0 heterocycles. The molecule has 0 saturated heterocycles. The summed E-state index contributed by atoms with van der Waals surface area (Å²) in [5.74, 6) is 2.44. The van der Waals surface area contributed by atoms with Crippen LogP contribution in [-0.4, -0.2) is 42.9 Å². The summed E-state index contributed by atoms with van der Waals surface area (Å²) >= 11 is 0. The van der Waals surface area contributed by atoms with Gasteiger partial charge in [0.2, 0.25) is 8.32 Å². The van der Waals surface area contributed by atoms with Crippen LogP contribution in [0.25, 0.3) is 0 Å². The van der Waals surface area contributed by atoms with E-state index in [9.17, 15) is 4.79 Å². The maximum Gasteiger partial charge on any atom is 0.242 e. The van der Waals surface area contributed by atoms with Gasteiger partial charge in [0, 0.05) is 12.0 Å². The van der Waals surface area contributed by atoms with Gasteiger partial charge in [0.1, 0.15) is 5.75 Å². The molecule has 190 valence electrons. The minimum Gasteiger partial charge on any atom is -0.544 e. The lowest BCUT2D eigenvalue weighted by molar-refractivity contribution is -0.0349. The van der Waals surface area contributed by atoms with Crippen molar-refractivity contribution in [2.45, 2.75) is 110 Å². The van der Waals surface area contributed by atoms with Crippen molar-refractivity contribution in [2.24, 2.45) is 17.3 Å². The summed E-state index contributed by atoms with van der Waals surface area (Å²) in [5, 5.41) is 0. The molecule has 4 nitrogen and oxygen atoms in total. The summed E-state index contributed by atoms with van der Waals surface area (Å²) in [7, 11) is -5.18. The first-order chi connectivity index (χ1) is 15.5. The van der Waals surface area contributed by atoms with Crippen LogP contribution in [0.4, 0.5) is 0 Å². The molecule has 0 radical (unpaired) electrons. The molecular weight excluding hydrogens is 473 g/mol. The van der Waals surface area contributed by atoms with Crippen LogP contribution in [0.15, 0.2) is 18.2 Å². The summed E-state index contributed by atoms with van der Waals surface area (Å²) in [6.45, 7) is 22.7. The first kappa shape index (κ1) is 26.3. The van der Waals surface area contributed by atoms with Crippen LogP contribution in [0.5, 0.6) is 5.75 Å². The Kier molecular flexibility index (Phi) is 6.72. The van der Waals surface area contributed by atoms with Crippen LogP contribution in [0.3, 0.4) is 0 Å². The summed E-state index contributed by atoms with van der Waals surface area (Å²) in [6.07, 6.45) is 4.22. The van der Waals surface area contributed by atoms with Crippen molar-refractivity contribution < 1.29 is 18.1 Å². The van der Waals surface area contributed by atoms with Gasteiger partial charge >= 0.3 is 0 Å². The van der Waals surface area contributed by atoms with E-state index in [4.69, 9.17) is 13.3 Å². The molecule has 0 amide bonds. The molecule has 4 rings (SSSR count). The molecule has 0 spiro atoms. The van der Waals surface area contributed by atoms with Crippen LogP contribution in [0.1, 0.15) is 54.4 Å². The minimum atomic E-state index is -1.75. The Balaban J connectivity index is 1.67. The van der Waals surface area contributed by atoms with Gasteiger partial charge < -0.3 is 13.3 Å². The van der Waals surface area contributed by atoms with Crippen molar-refractivity contribution in [2.75, 3.05) is 0 Å². The van der Waals surface area contributed by atoms with Crippen LogP contribution in [0, 0.1) is 17.3 Å². The fourth-order valence-corrected chi connectivity index (χ4v) is 10.0. The third kappa shape index (κ3) is 5.33. The van der Waals surface area contributed by atoms with Gasteiger partial charge in [-0.3, -0.25) is 4.79 Å². The number of carbonyl (C=O) groups excluding carboxylic acids is 1. The number of benzene rings is 1. The number of hydrogen-bond donors (Lipinski definition) is 0. The standard InChI is InChI=1S/C27H46O4Si3/c1-27-14-13-20-19-12-11-18(29-32(2,3)4)15-22(19)24(28)16-21(20)23(27)17-25(30-33(5,6)7)26(27)31-34(8,9)10/h11-12,15,20-21,23,25-26H,13-14,16-17H2,1-10H3. The smallest absolute Gasteiger partial charge is 0.242 e. The van der Waals surface area contributed by atoms with Crippen LogP contribution in [0.2, 0.25) is 58.9 Å². The lowest BCUT2D eigenvalue weighted by atomic mass is 9.55. The van der Waals surface area contributed by atoms with Crippen LogP contribution >= 0.6 is 0 Å². The Morgan fingerprint density at radius 3 is 2.15 bits per heavy atom. The topological polar surface area (TPSA) is 44.8 Å². The van der Waals surface area contributed by atoms with Crippen molar-refractivity contribution in [1.29, 1.82) is 0 Å². The Morgan fingerprint density at radius 1 is 0.912 bits per heavy atom. The van der Waals surface area contributed by atoms with E-state index in [0.717, 1.165) is 30.6 Å². The summed E-state index contributed by atoms with van der Waals surface area (Å²) < 4.78 is 19.9. The first-order valence-electron chi connectivity index (χ1n) is 13.2. The van der Waals surface area contributed by atoms with E-state index < -0.39 is 25.0 Å². The number of Topliss-reactive ketones (excluding diaryl/α,β-unsaturated/α-hetero) is 1. The number of ketones is 1. The summed E-state index contributed by atoms with van der Waals surface area (Å²) in [6, 6.07) is 6.33. The zero-order chi connectivity index (χ0) is 25.3. The van der Waals surface area contributed by atoms with Crippen LogP contribution in [-0.2, 0) is 8.85 Å². The zero-order valence-electron chi connectivity index (χ0n) is 23.1. The molecule has 0 bridgehead atoms. The lowest BCUT2D eigenvalue weighted by Gasteiger charge is -2.51. The molecule has 0 aliphatic heterocycles. The van der Waals surface area contributed by atoms with Crippen molar-refractivity contribution in [3.8, 4) is 5.75 Å². The third-order valence-electron chi connectivity index (χ3n) is 7.90. The number of rotatable bonds is 6. The molecule has 7 heteroatoms. The van der Waals surface area contributed by atoms with Crippen molar-refractivity contribution in [3.05, 3.63) is 29.3 Å². The molecule has 3 aliphatic carbocycles. The van der Waals surface area contributed by atoms with E-state index in [-0.39, 0.29) is 17.6 Å². The second kappa shape index (κ2) is 8.68. The molecule has 34 heavy (non-hydrogen) atoms. The Labute approximate surface area is 210 Å². The predicted octanol–water partition coefficient (Wildman–Crippen LogP) is 7.45. The molecule has 1 aromatic carbocycles. The predicted molar refractivity (Wildman–Crippen MR) is 147 cm³/mol. The first-order valence-corrected chi connectivity index (χ1v) is 23.4. The van der Waals surface area contributed by atoms with Gasteiger partial charge in [0.05, 0.1) is 12.2 Å². The van der Waals surface area contributed by atoms with Gasteiger partial charge in [0.15, 0.2) is 22.4 Å². The highest BCUT2D eigenvalue weighted by Gasteiger charge is 2.61. The second-order valence-electron chi connectivity index (χ2n) is 14.2. The Hall–Kier alpha value is -0.739. The second-order valence-corrected chi connectivity index (χ2v) is 27.5. The lowest BCUT2D eigenvalue weighted by Crippen LogP contribution is -2.50. The molecule has 6 atom stereocenters. The quantitative estimate of drug-likeness (QED) is 0.367. The molecule has 2 fully saturated rings. The van der Waals surface area contributed by atoms with Crippen molar-refractivity contribution in [1.82, 2.24) is 0 Å². The van der Waals surface area contributed by atoms with Crippen LogP contribution < -0.4 is 4.43 Å². The molecular formula is C27H46O4Si3. The molecule has 3 aliphatic rings. The van der Waals surface area contributed by atoms with Crippen molar-refractivity contribution in [3.63, 3.8) is 0 Å². The number of hydrogen-bond acceptors (Lipinski definition) is 4. The molecule has 6 unspecified atom stereocenters. The number of carbonyl (C=O) groups is 1. The monoisotopic (exact) mass is 518 g/mol. The Bertz CT molecular complexity index is 943. The maximum absolute atomic E-state index is 13.5. The zero-order valence-corrected chi connectivity index (χ0v) is 26.1. The molecule has 1 aromatic rings. The van der Waals surface area contributed by atoms with E-state index in [1.54, 1.807) is 0 Å². The highest BCUT2D eigenvalue weighted by Crippen LogP contribution is 2.62. The van der Waals surface area contributed by atoms with Gasteiger partial charge in [0.25, 0.3) is 0 Å². The molecule has 0 N–H and O–H groups in total. The van der Waals surface area contributed by atoms with E-state index in [0.29, 0.717) is 30.0 Å². The van der Waals surface area contributed by atoms with Gasteiger partial charge in [-0.1, -0.05) is 13.0 Å². The minimum absolute atomic E-state index is 0.0738. The molecule has 2 saturated carbocycles. The molecule has 0 aromatic heterocycles. The van der Waals surface area contributed by atoms with E-state index in [1.165, 1.54) is 5.56 Å². The fraction of sp³-hybridized carbons (Fsp3) is 0.741. The van der Waals surface area contributed by atoms with Crippen molar-refractivity contribution >= 4 is 30.7 Å². The SMILES string of the molecule is CC12CCC3c4ccc(O[Si](C)(C)C)cc4C(=O)CC3C1CC(O[Si](C)(C)C)C2O[Si](C)(C)C. The van der Waals surface area contributed by atoms with Gasteiger partial charge in [-0.15, -0.1) is 0 Å². The number of fused-ring (bicyclic) bond motifs is 5. The highest BCUT2D eigenvalue weighted by molar-refractivity contribution is 6.70. The summed E-state index contributed by atoms with van der Waals surface area (Å²) in [5.41, 5.74) is 2.23. The largest absolute Gasteiger partial charge is 0.544 e. The normalized spacial score (nSPS) is 33.8. The van der Waals surface area contributed by atoms with Gasteiger partial charge in [-0.05, 0) is 119 Å². The Morgan fingerprint density at radius 2 is 1.56 bits per heavy atom. The van der Waals surface area contributed by atoms with E-state index in [1.807, 2.05) is 6.07 Å². The summed E-state index contributed by atoms with van der Waals surface area (Å²) in [4.78, 5) is 13.5. The average molecular weight is 519 g/mol.